The van der Waals surface area contributed by atoms with E-state index in [0.717, 1.165) is 17.1 Å². The van der Waals surface area contributed by atoms with Crippen molar-refractivity contribution in [2.75, 3.05) is 13.7 Å². The Bertz CT molecular complexity index is 572. The van der Waals surface area contributed by atoms with E-state index in [1.807, 2.05) is 0 Å². The van der Waals surface area contributed by atoms with Gasteiger partial charge in [0, 0.05) is 4.47 Å². The van der Waals surface area contributed by atoms with Gasteiger partial charge in [-0.15, -0.1) is 0 Å². The lowest BCUT2D eigenvalue weighted by Crippen LogP contribution is -2.43. The molecule has 0 aromatic heterocycles. The number of ether oxygens (including phenoxy) is 1. The van der Waals surface area contributed by atoms with Crippen LogP contribution in [-0.2, 0) is 19.6 Å². The summed E-state index contributed by atoms with van der Waals surface area (Å²) in [6.07, 6.45) is 0. The summed E-state index contributed by atoms with van der Waals surface area (Å²) in [6, 6.07) is 3.12. The van der Waals surface area contributed by atoms with E-state index >= 15 is 0 Å². The lowest BCUT2D eigenvalue weighted by molar-refractivity contribution is -0.143. The third-order valence-electron chi connectivity index (χ3n) is 2.41. The van der Waals surface area contributed by atoms with Crippen molar-refractivity contribution < 1.29 is 23.1 Å². The zero-order valence-electron chi connectivity index (χ0n) is 10.4. The van der Waals surface area contributed by atoms with Crippen LogP contribution in [0.5, 0.6) is 0 Å². The van der Waals surface area contributed by atoms with Crippen LogP contribution >= 0.6 is 15.9 Å². The smallest absolute Gasteiger partial charge is 0.326 e. The molecule has 0 aliphatic heterocycles. The Labute approximate surface area is 120 Å². The van der Waals surface area contributed by atoms with E-state index in [4.69, 9.17) is 5.11 Å². The highest BCUT2D eigenvalue weighted by Gasteiger charge is 2.25. The molecule has 19 heavy (non-hydrogen) atoms. The second-order valence-electron chi connectivity index (χ2n) is 3.79. The van der Waals surface area contributed by atoms with Gasteiger partial charge < -0.3 is 9.84 Å². The molecule has 0 radical (unpaired) electrons. The van der Waals surface area contributed by atoms with Gasteiger partial charge in [-0.2, -0.15) is 4.72 Å². The number of hydrogen-bond acceptors (Lipinski definition) is 5. The van der Waals surface area contributed by atoms with Crippen molar-refractivity contribution in [2.45, 2.75) is 17.9 Å². The second kappa shape index (κ2) is 6.47. The summed E-state index contributed by atoms with van der Waals surface area (Å²) in [7, 11) is -2.78. The molecule has 8 heteroatoms. The fourth-order valence-corrected chi connectivity index (χ4v) is 2.85. The highest BCUT2D eigenvalue weighted by Crippen LogP contribution is 2.20. The average Bonchev–Trinajstić information content (AvgIpc) is 2.38. The van der Waals surface area contributed by atoms with Crippen molar-refractivity contribution in [3.63, 3.8) is 0 Å². The van der Waals surface area contributed by atoms with E-state index in [0.29, 0.717) is 0 Å². The number of methoxy groups -OCH3 is 1. The first-order valence-corrected chi connectivity index (χ1v) is 7.56. The topological polar surface area (TPSA) is 92.7 Å². The van der Waals surface area contributed by atoms with Crippen molar-refractivity contribution in [3.05, 3.63) is 28.2 Å². The first-order chi connectivity index (χ1) is 8.81. The van der Waals surface area contributed by atoms with Gasteiger partial charge in [0.2, 0.25) is 10.0 Å². The summed E-state index contributed by atoms with van der Waals surface area (Å²) in [6.45, 7) is 1.06. The number of aliphatic hydroxyl groups excluding tert-OH is 1. The number of sulfonamides is 1. The Morgan fingerprint density at radius 2 is 2.16 bits per heavy atom. The fraction of sp³-hybridized carbons (Fsp3) is 0.364. The highest BCUT2D eigenvalue weighted by molar-refractivity contribution is 9.10. The molecule has 0 amide bonds. The molecule has 0 heterocycles. The van der Waals surface area contributed by atoms with E-state index in [1.54, 1.807) is 13.0 Å². The van der Waals surface area contributed by atoms with Crippen LogP contribution in [0.2, 0.25) is 0 Å². The molecule has 0 bridgehead atoms. The van der Waals surface area contributed by atoms with Crippen molar-refractivity contribution in [1.82, 2.24) is 4.72 Å². The maximum Gasteiger partial charge on any atom is 0.326 e. The predicted molar refractivity (Wildman–Crippen MR) is 72.1 cm³/mol. The van der Waals surface area contributed by atoms with Crippen LogP contribution in [0.25, 0.3) is 0 Å². The van der Waals surface area contributed by atoms with Crippen LogP contribution in [0.3, 0.4) is 0 Å². The molecular formula is C11H14BrNO5S. The Kier molecular flexibility index (Phi) is 5.48. The number of aliphatic hydroxyl groups is 1. The normalized spacial score (nSPS) is 13.1. The van der Waals surface area contributed by atoms with Crippen LogP contribution in [0.4, 0.5) is 0 Å². The van der Waals surface area contributed by atoms with Gasteiger partial charge >= 0.3 is 5.97 Å². The SMILES string of the molecule is COC(=O)C(CO)NS(=O)(=O)c1ccc(Br)c(C)c1. The molecule has 6 nitrogen and oxygen atoms in total. The quantitative estimate of drug-likeness (QED) is 0.756. The molecular weight excluding hydrogens is 338 g/mol. The molecule has 1 atom stereocenters. The van der Waals surface area contributed by atoms with E-state index in [-0.39, 0.29) is 4.90 Å². The summed E-state index contributed by atoms with van der Waals surface area (Å²) in [5.74, 6) is -0.847. The number of nitrogens with one attached hydrogen (secondary N) is 1. The molecule has 0 saturated heterocycles. The Balaban J connectivity index is 3.03. The highest BCUT2D eigenvalue weighted by atomic mass is 79.9. The van der Waals surface area contributed by atoms with Gasteiger partial charge in [0.05, 0.1) is 18.6 Å². The lowest BCUT2D eigenvalue weighted by atomic mass is 10.2. The van der Waals surface area contributed by atoms with Crippen LogP contribution in [0, 0.1) is 6.92 Å². The van der Waals surface area contributed by atoms with Crippen LogP contribution in [-0.4, -0.2) is 39.3 Å². The van der Waals surface area contributed by atoms with Gasteiger partial charge in [0.1, 0.15) is 6.04 Å². The van der Waals surface area contributed by atoms with Crippen molar-refractivity contribution in [3.8, 4) is 0 Å². The van der Waals surface area contributed by atoms with Crippen molar-refractivity contribution in [1.29, 1.82) is 0 Å². The van der Waals surface area contributed by atoms with Crippen LogP contribution < -0.4 is 4.72 Å². The largest absolute Gasteiger partial charge is 0.468 e. The number of hydrogen-bond donors (Lipinski definition) is 2. The fourth-order valence-electron chi connectivity index (χ4n) is 1.34. The minimum absolute atomic E-state index is 0.00977. The first-order valence-electron chi connectivity index (χ1n) is 5.29. The molecule has 0 fully saturated rings. The molecule has 106 valence electrons. The number of benzene rings is 1. The molecule has 1 aromatic rings. The van der Waals surface area contributed by atoms with E-state index in [9.17, 15) is 13.2 Å². The molecule has 1 unspecified atom stereocenters. The molecule has 0 aliphatic carbocycles. The number of rotatable bonds is 5. The van der Waals surface area contributed by atoms with Gasteiger partial charge in [0.15, 0.2) is 0 Å². The van der Waals surface area contributed by atoms with Gasteiger partial charge in [-0.05, 0) is 30.7 Å². The Morgan fingerprint density at radius 1 is 1.53 bits per heavy atom. The summed E-state index contributed by atoms with van der Waals surface area (Å²) >= 11 is 3.27. The summed E-state index contributed by atoms with van der Waals surface area (Å²) in [5.41, 5.74) is 0.737. The van der Waals surface area contributed by atoms with E-state index < -0.39 is 28.6 Å². The lowest BCUT2D eigenvalue weighted by Gasteiger charge is -2.14. The van der Waals surface area contributed by atoms with Crippen molar-refractivity contribution >= 4 is 31.9 Å². The Morgan fingerprint density at radius 3 is 2.63 bits per heavy atom. The average molecular weight is 352 g/mol. The molecule has 1 aromatic carbocycles. The maximum atomic E-state index is 12.0. The number of esters is 1. The summed E-state index contributed by atoms with van der Waals surface area (Å²) in [4.78, 5) is 11.3. The van der Waals surface area contributed by atoms with Gasteiger partial charge in [-0.3, -0.25) is 4.79 Å². The van der Waals surface area contributed by atoms with E-state index in [2.05, 4.69) is 25.4 Å². The molecule has 2 N–H and O–H groups in total. The van der Waals surface area contributed by atoms with Gasteiger partial charge in [-0.25, -0.2) is 8.42 Å². The number of carbonyl (C=O) groups is 1. The van der Waals surface area contributed by atoms with Crippen LogP contribution in [0.15, 0.2) is 27.6 Å². The zero-order valence-corrected chi connectivity index (χ0v) is 12.8. The maximum absolute atomic E-state index is 12.0. The first kappa shape index (κ1) is 16.1. The monoisotopic (exact) mass is 351 g/mol. The predicted octanol–water partition coefficient (Wildman–Crippen LogP) is 0.570. The summed E-state index contributed by atoms with van der Waals surface area (Å²) in [5, 5.41) is 9.00. The molecule has 0 spiro atoms. The Hall–Kier alpha value is -0.960. The standard InChI is InChI=1S/C11H14BrNO5S/c1-7-5-8(3-4-9(7)12)19(16,17)13-10(6-14)11(15)18-2/h3-5,10,13-14H,6H2,1-2H3. The molecule has 0 aliphatic rings. The zero-order chi connectivity index (χ0) is 14.6. The second-order valence-corrected chi connectivity index (χ2v) is 6.36. The third-order valence-corrected chi connectivity index (χ3v) is 4.76. The third kappa shape index (κ3) is 4.00. The number of aryl methyl sites for hydroxylation is 1. The van der Waals surface area contributed by atoms with Gasteiger partial charge in [0.25, 0.3) is 0 Å². The minimum atomic E-state index is -3.90. The molecule has 1 rings (SSSR count). The minimum Gasteiger partial charge on any atom is -0.468 e. The van der Waals surface area contributed by atoms with Gasteiger partial charge in [-0.1, -0.05) is 15.9 Å². The van der Waals surface area contributed by atoms with Crippen molar-refractivity contribution in [2.24, 2.45) is 0 Å². The van der Waals surface area contributed by atoms with Crippen LogP contribution in [0.1, 0.15) is 5.56 Å². The summed E-state index contributed by atoms with van der Waals surface area (Å²) < 4.78 is 31.3. The molecule has 0 saturated carbocycles. The number of halogens is 1. The van der Waals surface area contributed by atoms with E-state index in [1.165, 1.54) is 12.1 Å². The number of carbonyl (C=O) groups excluding carboxylic acids is 1.